The number of benzene rings is 1. The van der Waals surface area contributed by atoms with Crippen molar-refractivity contribution < 1.29 is 4.79 Å². The first-order valence-corrected chi connectivity index (χ1v) is 7.38. The summed E-state index contributed by atoms with van der Waals surface area (Å²) in [5, 5.41) is 3.12. The van der Waals surface area contributed by atoms with E-state index in [1.807, 2.05) is 30.3 Å². The molecule has 3 heteroatoms. The van der Waals surface area contributed by atoms with Crippen molar-refractivity contribution in [2.75, 3.05) is 0 Å². The van der Waals surface area contributed by atoms with E-state index in [4.69, 9.17) is 5.73 Å². The van der Waals surface area contributed by atoms with E-state index in [1.165, 1.54) is 32.1 Å². The summed E-state index contributed by atoms with van der Waals surface area (Å²) in [5.41, 5.74) is 6.89. The number of hydrogen-bond acceptors (Lipinski definition) is 2. The van der Waals surface area contributed by atoms with Gasteiger partial charge in [0.15, 0.2) is 0 Å². The molecule has 1 aromatic rings. The molecule has 1 aliphatic carbocycles. The quantitative estimate of drug-likeness (QED) is 0.878. The van der Waals surface area contributed by atoms with Crippen molar-refractivity contribution >= 4 is 5.91 Å². The van der Waals surface area contributed by atoms with E-state index in [0.29, 0.717) is 6.04 Å². The van der Waals surface area contributed by atoms with Crippen LogP contribution in [0.25, 0.3) is 0 Å². The van der Waals surface area contributed by atoms with Crippen LogP contribution in [0.3, 0.4) is 0 Å². The molecule has 3 nitrogen and oxygen atoms in total. The van der Waals surface area contributed by atoms with Gasteiger partial charge in [0.05, 0.1) is 0 Å². The van der Waals surface area contributed by atoms with Gasteiger partial charge in [0.2, 0.25) is 5.91 Å². The zero-order chi connectivity index (χ0) is 13.5. The normalized spacial score (nSPS) is 19.2. The highest BCUT2D eigenvalue weighted by molar-refractivity contribution is 5.83. The van der Waals surface area contributed by atoms with Gasteiger partial charge >= 0.3 is 0 Å². The summed E-state index contributed by atoms with van der Waals surface area (Å²) in [7, 11) is 0. The van der Waals surface area contributed by atoms with Crippen LogP contribution in [0.5, 0.6) is 0 Å². The molecule has 1 atom stereocenters. The average Bonchev–Trinajstić information content (AvgIpc) is 2.41. The number of amides is 1. The van der Waals surface area contributed by atoms with Gasteiger partial charge < -0.3 is 11.1 Å². The first-order valence-electron chi connectivity index (χ1n) is 7.38. The number of nitrogens with one attached hydrogen (secondary N) is 1. The topological polar surface area (TPSA) is 55.1 Å². The summed E-state index contributed by atoms with van der Waals surface area (Å²) in [6.45, 7) is 0. The molecule has 0 spiro atoms. The Morgan fingerprint density at radius 3 is 2.26 bits per heavy atom. The Labute approximate surface area is 115 Å². The Balaban J connectivity index is 1.88. The minimum atomic E-state index is -0.549. The third kappa shape index (κ3) is 4.35. The van der Waals surface area contributed by atoms with E-state index < -0.39 is 6.04 Å². The van der Waals surface area contributed by atoms with Crippen molar-refractivity contribution in [3.63, 3.8) is 0 Å². The van der Waals surface area contributed by atoms with Gasteiger partial charge in [-0.25, -0.2) is 0 Å². The molecule has 0 aromatic heterocycles. The molecule has 1 aromatic carbocycles. The fourth-order valence-electron chi connectivity index (χ4n) is 2.70. The molecule has 2 rings (SSSR count). The number of carbonyl (C=O) groups excluding carboxylic acids is 1. The van der Waals surface area contributed by atoms with Gasteiger partial charge in [0.25, 0.3) is 0 Å². The molecular weight excluding hydrogens is 236 g/mol. The molecule has 0 aliphatic heterocycles. The lowest BCUT2D eigenvalue weighted by Gasteiger charge is -2.23. The molecule has 0 radical (unpaired) electrons. The molecule has 1 amide bonds. The summed E-state index contributed by atoms with van der Waals surface area (Å²) in [4.78, 5) is 12.2. The maximum absolute atomic E-state index is 12.2. The van der Waals surface area contributed by atoms with Crippen LogP contribution in [0.2, 0.25) is 0 Å². The van der Waals surface area contributed by atoms with Gasteiger partial charge in [-0.1, -0.05) is 62.4 Å². The van der Waals surface area contributed by atoms with Gasteiger partial charge in [-0.2, -0.15) is 0 Å². The highest BCUT2D eigenvalue weighted by atomic mass is 16.2. The largest absolute Gasteiger partial charge is 0.352 e. The van der Waals surface area contributed by atoms with Crippen LogP contribution in [0.15, 0.2) is 30.3 Å². The van der Waals surface area contributed by atoms with E-state index in [9.17, 15) is 4.79 Å². The Morgan fingerprint density at radius 1 is 1.05 bits per heavy atom. The molecular formula is C16H24N2O. The molecule has 1 saturated carbocycles. The zero-order valence-corrected chi connectivity index (χ0v) is 11.5. The van der Waals surface area contributed by atoms with Crippen molar-refractivity contribution in [2.24, 2.45) is 5.73 Å². The van der Waals surface area contributed by atoms with Crippen molar-refractivity contribution in [3.8, 4) is 0 Å². The summed E-state index contributed by atoms with van der Waals surface area (Å²) in [6.07, 6.45) is 8.52. The number of hydrogen-bond donors (Lipinski definition) is 2. The standard InChI is InChI=1S/C16H24N2O/c17-15(13-9-5-4-6-10-13)16(19)18-14-11-7-2-1-3-8-12-14/h4-6,9-10,14-15H,1-3,7-8,11-12,17H2,(H,18,19)/t15-/m0/s1. The van der Waals surface area contributed by atoms with E-state index >= 15 is 0 Å². The maximum atomic E-state index is 12.2. The number of nitrogens with two attached hydrogens (primary N) is 1. The van der Waals surface area contributed by atoms with E-state index in [1.54, 1.807) is 0 Å². The lowest BCUT2D eigenvalue weighted by molar-refractivity contribution is -0.123. The minimum absolute atomic E-state index is 0.0447. The minimum Gasteiger partial charge on any atom is -0.352 e. The predicted molar refractivity (Wildman–Crippen MR) is 77.6 cm³/mol. The van der Waals surface area contributed by atoms with Crippen molar-refractivity contribution in [2.45, 2.75) is 57.0 Å². The van der Waals surface area contributed by atoms with Crippen LogP contribution in [0.4, 0.5) is 0 Å². The van der Waals surface area contributed by atoms with Gasteiger partial charge in [-0.05, 0) is 18.4 Å². The Kier molecular flexibility index (Phi) is 5.40. The summed E-state index contributed by atoms with van der Waals surface area (Å²) in [6, 6.07) is 9.33. The van der Waals surface area contributed by atoms with Crippen LogP contribution in [0, 0.1) is 0 Å². The van der Waals surface area contributed by atoms with Crippen LogP contribution < -0.4 is 11.1 Å². The van der Waals surface area contributed by atoms with Crippen molar-refractivity contribution in [3.05, 3.63) is 35.9 Å². The molecule has 19 heavy (non-hydrogen) atoms. The van der Waals surface area contributed by atoms with Crippen LogP contribution in [-0.2, 0) is 4.79 Å². The summed E-state index contributed by atoms with van der Waals surface area (Å²) < 4.78 is 0. The smallest absolute Gasteiger partial charge is 0.241 e. The molecule has 0 saturated heterocycles. The highest BCUT2D eigenvalue weighted by Gasteiger charge is 2.19. The van der Waals surface area contributed by atoms with Crippen LogP contribution in [0.1, 0.15) is 56.6 Å². The highest BCUT2D eigenvalue weighted by Crippen LogP contribution is 2.18. The van der Waals surface area contributed by atoms with Gasteiger partial charge in [0.1, 0.15) is 6.04 Å². The lowest BCUT2D eigenvalue weighted by atomic mass is 9.96. The predicted octanol–water partition coefficient (Wildman–Crippen LogP) is 2.92. The Hall–Kier alpha value is -1.35. The SMILES string of the molecule is N[C@H](C(=O)NC1CCCCCCC1)c1ccccc1. The van der Waals surface area contributed by atoms with E-state index in [2.05, 4.69) is 5.32 Å². The zero-order valence-electron chi connectivity index (χ0n) is 11.5. The monoisotopic (exact) mass is 260 g/mol. The third-order valence-corrected chi connectivity index (χ3v) is 3.89. The first kappa shape index (κ1) is 14.1. The van der Waals surface area contributed by atoms with E-state index in [0.717, 1.165) is 18.4 Å². The Morgan fingerprint density at radius 2 is 1.63 bits per heavy atom. The molecule has 1 fully saturated rings. The van der Waals surface area contributed by atoms with Crippen molar-refractivity contribution in [1.82, 2.24) is 5.32 Å². The second-order valence-electron chi connectivity index (χ2n) is 5.44. The lowest BCUT2D eigenvalue weighted by Crippen LogP contribution is -2.41. The molecule has 0 heterocycles. The molecule has 0 bridgehead atoms. The van der Waals surface area contributed by atoms with Gasteiger partial charge in [0, 0.05) is 6.04 Å². The Bertz CT molecular complexity index is 383. The van der Waals surface area contributed by atoms with Crippen molar-refractivity contribution in [1.29, 1.82) is 0 Å². The first-order chi connectivity index (χ1) is 9.27. The molecule has 104 valence electrons. The van der Waals surface area contributed by atoms with Gasteiger partial charge in [-0.3, -0.25) is 4.79 Å². The van der Waals surface area contributed by atoms with Crippen LogP contribution in [-0.4, -0.2) is 11.9 Å². The molecule has 3 N–H and O–H groups in total. The van der Waals surface area contributed by atoms with Gasteiger partial charge in [-0.15, -0.1) is 0 Å². The van der Waals surface area contributed by atoms with Crippen LogP contribution >= 0.6 is 0 Å². The third-order valence-electron chi connectivity index (χ3n) is 3.89. The second kappa shape index (κ2) is 7.29. The molecule has 0 unspecified atom stereocenters. The average molecular weight is 260 g/mol. The summed E-state index contributed by atoms with van der Waals surface area (Å²) >= 11 is 0. The number of rotatable bonds is 3. The number of carbonyl (C=O) groups is 1. The fourth-order valence-corrected chi connectivity index (χ4v) is 2.70. The molecule has 1 aliphatic rings. The van der Waals surface area contributed by atoms with E-state index in [-0.39, 0.29) is 5.91 Å². The maximum Gasteiger partial charge on any atom is 0.241 e. The fraction of sp³-hybridized carbons (Fsp3) is 0.562. The summed E-state index contributed by atoms with van der Waals surface area (Å²) in [5.74, 6) is -0.0447. The second-order valence-corrected chi connectivity index (χ2v) is 5.44.